The van der Waals surface area contributed by atoms with Crippen LogP contribution in [-0.4, -0.2) is 0 Å². The van der Waals surface area contributed by atoms with Crippen LogP contribution < -0.4 is 0 Å². The van der Waals surface area contributed by atoms with Gasteiger partial charge in [-0.15, -0.1) is 0 Å². The highest BCUT2D eigenvalue weighted by atomic mass is 14.5. The summed E-state index contributed by atoms with van der Waals surface area (Å²) < 4.78 is 30.0. The van der Waals surface area contributed by atoms with Crippen LogP contribution in [-0.2, 0) is 0 Å². The summed E-state index contributed by atoms with van der Waals surface area (Å²) in [5, 5.41) is 0. The van der Waals surface area contributed by atoms with Crippen LogP contribution >= 0.6 is 0 Å². The Hall–Kier alpha value is 0. The van der Waals surface area contributed by atoms with Gasteiger partial charge in [0.1, 0.15) is 0 Å². The van der Waals surface area contributed by atoms with E-state index in [0.29, 0.717) is 0 Å². The van der Waals surface area contributed by atoms with Gasteiger partial charge < -0.3 is 0 Å². The second-order valence-corrected chi connectivity index (χ2v) is 2.54. The van der Waals surface area contributed by atoms with Gasteiger partial charge in [0.25, 0.3) is 0 Å². The average Bonchev–Trinajstić information content (AvgIpc) is 2.41. The summed E-state index contributed by atoms with van der Waals surface area (Å²) in [6.45, 7) is 0. The second kappa shape index (κ2) is 1.04. The first kappa shape index (κ1) is 1.75. The second-order valence-electron chi connectivity index (χ2n) is 2.54. The maximum atomic E-state index is 7.49. The van der Waals surface area contributed by atoms with Crippen molar-refractivity contribution >= 4 is 0 Å². The molecule has 7 heavy (non-hydrogen) atoms. The van der Waals surface area contributed by atoms with E-state index in [4.69, 9.17) is 5.48 Å². The van der Waals surface area contributed by atoms with Crippen molar-refractivity contribution in [2.45, 2.75) is 38.4 Å². The van der Waals surface area contributed by atoms with Gasteiger partial charge in [0.15, 0.2) is 0 Å². The quantitative estimate of drug-likeness (QED) is 0.438. The van der Waals surface area contributed by atoms with Gasteiger partial charge in [-0.2, -0.15) is 0 Å². The van der Waals surface area contributed by atoms with Crippen molar-refractivity contribution in [1.29, 1.82) is 0 Å². The van der Waals surface area contributed by atoms with Crippen molar-refractivity contribution in [1.82, 2.24) is 0 Å². The molecule has 1 spiro atoms. The van der Waals surface area contributed by atoms with Crippen LogP contribution in [0.15, 0.2) is 0 Å². The van der Waals surface area contributed by atoms with Gasteiger partial charge in [0.05, 0.1) is 0 Å². The van der Waals surface area contributed by atoms with E-state index in [0.717, 1.165) is 25.7 Å². The molecule has 0 aliphatic heterocycles. The molecule has 2 rings (SSSR count). The van der Waals surface area contributed by atoms with Crippen LogP contribution in [0, 0.1) is 5.41 Å². The van der Waals surface area contributed by atoms with Gasteiger partial charge in [-0.3, -0.25) is 0 Å². The number of rotatable bonds is 0. The van der Waals surface area contributed by atoms with Gasteiger partial charge in [0.2, 0.25) is 0 Å². The molecule has 0 aromatic heterocycles. The highest BCUT2D eigenvalue weighted by molar-refractivity contribution is 4.95. The summed E-state index contributed by atoms with van der Waals surface area (Å²) in [6, 6.07) is 0. The molecule has 0 heterocycles. The van der Waals surface area contributed by atoms with Crippen LogP contribution in [0.5, 0.6) is 0 Å². The molecule has 0 bridgehead atoms. The Bertz CT molecular complexity index is 175. The van der Waals surface area contributed by atoms with Crippen molar-refractivity contribution < 1.29 is 5.48 Å². The summed E-state index contributed by atoms with van der Waals surface area (Å²) in [5.74, 6) is 0. The van der Waals surface area contributed by atoms with E-state index in [1.54, 1.807) is 0 Å². The Morgan fingerprint density at radius 1 is 1.14 bits per heavy atom. The number of hydrogen-bond acceptors (Lipinski definition) is 0. The van der Waals surface area contributed by atoms with E-state index in [1.807, 2.05) is 0 Å². The van der Waals surface area contributed by atoms with Crippen LogP contribution in [0.3, 0.4) is 0 Å². The third kappa shape index (κ3) is 0.490. The lowest BCUT2D eigenvalue weighted by molar-refractivity contribution is 0.535. The molecule has 0 N–H and O–H groups in total. The SMILES string of the molecule is [2H]C1([2H])C([2H])([2H])C12CCCC2. The zero-order valence-electron chi connectivity index (χ0n) is 8.33. The molecule has 0 nitrogen and oxygen atoms in total. The van der Waals surface area contributed by atoms with Crippen LogP contribution in [0.25, 0.3) is 0 Å². The van der Waals surface area contributed by atoms with Gasteiger partial charge in [-0.25, -0.2) is 0 Å². The Labute approximate surface area is 50.5 Å². The topological polar surface area (TPSA) is 0 Å². The third-order valence-electron chi connectivity index (χ3n) is 1.94. The fourth-order valence-corrected chi connectivity index (χ4v) is 1.32. The zero-order valence-corrected chi connectivity index (χ0v) is 4.33. The Kier molecular flexibility index (Phi) is 0.260. The lowest BCUT2D eigenvalue weighted by Gasteiger charge is -1.97. The molecule has 0 unspecified atom stereocenters. The lowest BCUT2D eigenvalue weighted by Crippen LogP contribution is -1.86. The standard InChI is InChI=1S/C7H12/c1-2-4-7(3-1)5-6-7/h1-6H2/i5D2,6D2. The predicted molar refractivity (Wildman–Crippen MR) is 30.1 cm³/mol. The largest absolute Gasteiger partial charge is 0.0528 e. The van der Waals surface area contributed by atoms with E-state index >= 15 is 0 Å². The molecule has 0 amide bonds. The average molecular weight is 100 g/mol. The minimum Gasteiger partial charge on any atom is -0.0528 e. The van der Waals surface area contributed by atoms with Crippen molar-refractivity contribution in [3.05, 3.63) is 0 Å². The van der Waals surface area contributed by atoms with E-state index < -0.39 is 18.2 Å². The zero-order chi connectivity index (χ0) is 8.33. The van der Waals surface area contributed by atoms with Gasteiger partial charge in [-0.05, 0) is 31.0 Å². The van der Waals surface area contributed by atoms with Gasteiger partial charge in [-0.1, -0.05) is 12.8 Å². The van der Waals surface area contributed by atoms with E-state index in [-0.39, 0.29) is 0 Å². The first-order valence-corrected chi connectivity index (χ1v) is 2.96. The molecule has 0 atom stereocenters. The molecular formula is C7H12. The van der Waals surface area contributed by atoms with Crippen molar-refractivity contribution in [3.8, 4) is 0 Å². The first-order chi connectivity index (χ1) is 4.96. The van der Waals surface area contributed by atoms with Crippen LogP contribution in [0.4, 0.5) is 0 Å². The van der Waals surface area contributed by atoms with E-state index in [9.17, 15) is 0 Å². The normalized spacial score (nSPS) is 57.1. The van der Waals surface area contributed by atoms with Crippen LogP contribution in [0.2, 0.25) is 0 Å². The molecule has 0 saturated heterocycles. The van der Waals surface area contributed by atoms with E-state index in [1.165, 1.54) is 0 Å². The summed E-state index contributed by atoms with van der Waals surface area (Å²) in [7, 11) is 0. The predicted octanol–water partition coefficient (Wildman–Crippen LogP) is 2.34. The summed E-state index contributed by atoms with van der Waals surface area (Å²) in [6.07, 6.45) is 0.394. The molecule has 40 valence electrons. The monoisotopic (exact) mass is 100 g/mol. The molecule has 2 saturated carbocycles. The molecular weight excluding hydrogens is 84.1 g/mol. The minimum atomic E-state index is -1.55. The fourth-order valence-electron chi connectivity index (χ4n) is 1.32. The third-order valence-corrected chi connectivity index (χ3v) is 1.94. The smallest absolute Gasteiger partial charge is 0.0272 e. The Balaban J connectivity index is 2.31. The van der Waals surface area contributed by atoms with Crippen molar-refractivity contribution in [3.63, 3.8) is 0 Å². The molecule has 2 aliphatic carbocycles. The molecule has 2 fully saturated rings. The minimum absolute atomic E-state index is 0.597. The van der Waals surface area contributed by atoms with Crippen LogP contribution in [0.1, 0.15) is 43.9 Å². The highest BCUT2D eigenvalue weighted by Crippen LogP contribution is 2.57. The molecule has 0 heteroatoms. The maximum absolute atomic E-state index is 7.49. The van der Waals surface area contributed by atoms with Crippen molar-refractivity contribution in [2.24, 2.45) is 5.41 Å². The van der Waals surface area contributed by atoms with Crippen molar-refractivity contribution in [2.75, 3.05) is 0 Å². The van der Waals surface area contributed by atoms with Gasteiger partial charge >= 0.3 is 0 Å². The molecule has 0 radical (unpaired) electrons. The summed E-state index contributed by atoms with van der Waals surface area (Å²) >= 11 is 0. The molecule has 0 aromatic rings. The summed E-state index contributed by atoms with van der Waals surface area (Å²) in [4.78, 5) is 0. The highest BCUT2D eigenvalue weighted by Gasteiger charge is 2.43. The maximum Gasteiger partial charge on any atom is 0.0272 e. The first-order valence-electron chi connectivity index (χ1n) is 4.96. The molecule has 0 aromatic carbocycles. The Morgan fingerprint density at radius 3 is 2.00 bits per heavy atom. The molecule has 2 aliphatic rings. The lowest BCUT2D eigenvalue weighted by atomic mass is 10.1. The number of hydrogen-bond donors (Lipinski definition) is 0. The van der Waals surface area contributed by atoms with E-state index in [2.05, 4.69) is 0 Å². The Morgan fingerprint density at radius 2 is 1.71 bits per heavy atom. The fraction of sp³-hybridized carbons (Fsp3) is 1.00. The summed E-state index contributed by atoms with van der Waals surface area (Å²) in [5.41, 5.74) is -0.597. The van der Waals surface area contributed by atoms with Gasteiger partial charge in [0, 0.05) is 5.48 Å².